The van der Waals surface area contributed by atoms with E-state index < -0.39 is 15.9 Å². The van der Waals surface area contributed by atoms with Gasteiger partial charge >= 0.3 is 0 Å². The molecule has 0 atom stereocenters. The van der Waals surface area contributed by atoms with Gasteiger partial charge in [-0.3, -0.25) is 4.79 Å². The van der Waals surface area contributed by atoms with E-state index in [0.717, 1.165) is 35.8 Å². The Morgan fingerprint density at radius 1 is 1.11 bits per heavy atom. The van der Waals surface area contributed by atoms with Crippen molar-refractivity contribution in [2.75, 3.05) is 5.32 Å². The number of carbonyl (C=O) groups excluding carboxylic acids is 1. The Balaban J connectivity index is 1.65. The van der Waals surface area contributed by atoms with Crippen molar-refractivity contribution in [3.8, 4) is 0 Å². The molecule has 0 unspecified atom stereocenters. The lowest BCUT2D eigenvalue weighted by molar-refractivity contribution is -0.117. The van der Waals surface area contributed by atoms with Gasteiger partial charge in [-0.2, -0.15) is 0 Å². The molecule has 1 aromatic carbocycles. The van der Waals surface area contributed by atoms with Crippen LogP contribution in [0.25, 0.3) is 10.2 Å². The molecule has 9 heteroatoms. The second-order valence-electron chi connectivity index (χ2n) is 6.42. The Morgan fingerprint density at radius 2 is 1.85 bits per heavy atom. The van der Waals surface area contributed by atoms with Crippen LogP contribution in [0.1, 0.15) is 30.2 Å². The van der Waals surface area contributed by atoms with Gasteiger partial charge in [0.2, 0.25) is 5.91 Å². The molecule has 0 aliphatic heterocycles. The van der Waals surface area contributed by atoms with E-state index in [4.69, 9.17) is 0 Å². The number of hydrogen-bond donors (Lipinski definition) is 2. The fourth-order valence-electron chi connectivity index (χ4n) is 3.29. The number of rotatable bonds is 4. The van der Waals surface area contributed by atoms with Gasteiger partial charge in [0.1, 0.15) is 17.0 Å². The third-order valence-electron chi connectivity index (χ3n) is 4.46. The van der Waals surface area contributed by atoms with Crippen LogP contribution in [0.5, 0.6) is 0 Å². The first-order valence-corrected chi connectivity index (χ1v) is 10.9. The van der Waals surface area contributed by atoms with Crippen molar-refractivity contribution in [3.63, 3.8) is 0 Å². The van der Waals surface area contributed by atoms with Crippen molar-refractivity contribution in [1.29, 1.82) is 0 Å². The Kier molecular flexibility index (Phi) is 4.56. The highest BCUT2D eigenvalue weighted by Crippen LogP contribution is 2.38. The predicted octanol–water partition coefficient (Wildman–Crippen LogP) is 3.14. The summed E-state index contributed by atoms with van der Waals surface area (Å²) >= 11 is 1.73. The maximum Gasteiger partial charge on any atom is 0.264 e. The highest BCUT2D eigenvalue weighted by molar-refractivity contribution is 7.90. The second kappa shape index (κ2) is 6.90. The Labute approximate surface area is 160 Å². The lowest BCUT2D eigenvalue weighted by Crippen LogP contribution is -2.28. The molecule has 0 bridgehead atoms. The van der Waals surface area contributed by atoms with Gasteiger partial charge in [0, 0.05) is 17.5 Å². The van der Waals surface area contributed by atoms with Crippen LogP contribution in [-0.2, 0) is 27.7 Å². The third kappa shape index (κ3) is 3.52. The average molecular weight is 403 g/mol. The van der Waals surface area contributed by atoms with Crippen molar-refractivity contribution in [2.45, 2.75) is 37.5 Å². The van der Waals surface area contributed by atoms with Gasteiger partial charge in [0.25, 0.3) is 10.0 Å². The molecule has 0 fully saturated rings. The van der Waals surface area contributed by atoms with Crippen molar-refractivity contribution >= 4 is 49.0 Å². The van der Waals surface area contributed by atoms with E-state index in [-0.39, 0.29) is 4.90 Å². The van der Waals surface area contributed by atoms with E-state index in [1.807, 2.05) is 4.72 Å². The zero-order chi connectivity index (χ0) is 19.0. The molecule has 4 rings (SSSR count). The Morgan fingerprint density at radius 3 is 2.59 bits per heavy atom. The Hall–Kier alpha value is -2.52. The fourth-order valence-corrected chi connectivity index (χ4v) is 5.51. The lowest BCUT2D eigenvalue weighted by Gasteiger charge is -2.12. The number of hydrogen-bond acceptors (Lipinski definition) is 7. The SMILES string of the molecule is CC(=O)NS(=O)(=O)c1ccc(Nc2ncnc3sc4c(c23)CCCC4)cc1. The molecule has 27 heavy (non-hydrogen) atoms. The first kappa shape index (κ1) is 17.9. The zero-order valence-electron chi connectivity index (χ0n) is 14.7. The van der Waals surface area contributed by atoms with Crippen LogP contribution in [0, 0.1) is 0 Å². The maximum absolute atomic E-state index is 12.0. The number of benzene rings is 1. The highest BCUT2D eigenvalue weighted by Gasteiger charge is 2.20. The molecule has 140 valence electrons. The number of carbonyl (C=O) groups is 1. The standard InChI is InChI=1S/C18H18N4O3S2/c1-11(23)22-27(24,25)13-8-6-12(7-9-13)21-17-16-14-4-2-3-5-15(14)26-18(16)20-10-19-17/h6-10H,2-5H2,1H3,(H,22,23)(H,19,20,21). The molecule has 0 spiro atoms. The predicted molar refractivity (Wildman–Crippen MR) is 105 cm³/mol. The van der Waals surface area contributed by atoms with Gasteiger partial charge in [0.15, 0.2) is 0 Å². The third-order valence-corrected chi connectivity index (χ3v) is 7.11. The van der Waals surface area contributed by atoms with Crippen LogP contribution in [0.3, 0.4) is 0 Å². The number of anilines is 2. The number of nitrogens with one attached hydrogen (secondary N) is 2. The summed E-state index contributed by atoms with van der Waals surface area (Å²) in [5.41, 5.74) is 2.04. The lowest BCUT2D eigenvalue weighted by atomic mass is 9.97. The summed E-state index contributed by atoms with van der Waals surface area (Å²) in [5.74, 6) is 0.111. The summed E-state index contributed by atoms with van der Waals surface area (Å²) in [6.45, 7) is 1.16. The van der Waals surface area contributed by atoms with Crippen LogP contribution in [-0.4, -0.2) is 24.3 Å². The zero-order valence-corrected chi connectivity index (χ0v) is 16.3. The van der Waals surface area contributed by atoms with Gasteiger partial charge in [-0.1, -0.05) is 0 Å². The van der Waals surface area contributed by atoms with E-state index >= 15 is 0 Å². The van der Waals surface area contributed by atoms with Gasteiger partial charge in [-0.05, 0) is 55.5 Å². The normalized spacial score (nSPS) is 14.0. The molecular formula is C18H18N4O3S2. The molecular weight excluding hydrogens is 384 g/mol. The van der Waals surface area contributed by atoms with Crippen LogP contribution in [0.15, 0.2) is 35.5 Å². The smallest absolute Gasteiger partial charge is 0.264 e. The minimum Gasteiger partial charge on any atom is -0.340 e. The highest BCUT2D eigenvalue weighted by atomic mass is 32.2. The first-order valence-electron chi connectivity index (χ1n) is 8.60. The monoisotopic (exact) mass is 402 g/mol. The van der Waals surface area contributed by atoms with Crippen LogP contribution < -0.4 is 10.0 Å². The van der Waals surface area contributed by atoms with Gasteiger partial charge in [0.05, 0.1) is 10.3 Å². The molecule has 1 aliphatic rings. The number of thiophene rings is 1. The van der Waals surface area contributed by atoms with E-state index in [2.05, 4.69) is 15.3 Å². The van der Waals surface area contributed by atoms with Crippen LogP contribution in [0.2, 0.25) is 0 Å². The molecule has 2 heterocycles. The molecule has 1 amide bonds. The number of amides is 1. The molecule has 0 radical (unpaired) electrons. The fraction of sp³-hybridized carbons (Fsp3) is 0.278. The minimum atomic E-state index is -3.84. The average Bonchev–Trinajstić information content (AvgIpc) is 3.01. The molecule has 7 nitrogen and oxygen atoms in total. The van der Waals surface area contributed by atoms with Crippen molar-refractivity contribution in [2.24, 2.45) is 0 Å². The number of sulfonamides is 1. The number of fused-ring (bicyclic) bond motifs is 3. The van der Waals surface area contributed by atoms with Crippen molar-refractivity contribution in [1.82, 2.24) is 14.7 Å². The molecule has 2 N–H and O–H groups in total. The largest absolute Gasteiger partial charge is 0.340 e. The number of aryl methyl sites for hydroxylation is 2. The van der Waals surface area contributed by atoms with Gasteiger partial charge in [-0.15, -0.1) is 11.3 Å². The van der Waals surface area contributed by atoms with E-state index in [1.165, 1.54) is 35.4 Å². The molecule has 0 saturated carbocycles. The van der Waals surface area contributed by atoms with Crippen LogP contribution >= 0.6 is 11.3 Å². The molecule has 0 saturated heterocycles. The number of aromatic nitrogens is 2. The molecule has 2 aromatic heterocycles. The van der Waals surface area contributed by atoms with Gasteiger partial charge < -0.3 is 5.32 Å². The minimum absolute atomic E-state index is 0.0315. The summed E-state index contributed by atoms with van der Waals surface area (Å²) in [5, 5.41) is 4.34. The molecule has 1 aliphatic carbocycles. The Bertz CT molecular complexity index is 1120. The van der Waals surface area contributed by atoms with Crippen molar-refractivity contribution < 1.29 is 13.2 Å². The summed E-state index contributed by atoms with van der Waals surface area (Å²) in [7, 11) is -3.84. The number of nitrogens with zero attached hydrogens (tertiary/aromatic N) is 2. The van der Waals surface area contributed by atoms with E-state index in [9.17, 15) is 13.2 Å². The summed E-state index contributed by atoms with van der Waals surface area (Å²) in [6, 6.07) is 6.22. The maximum atomic E-state index is 12.0. The summed E-state index contributed by atoms with van der Waals surface area (Å²) < 4.78 is 26.0. The van der Waals surface area contributed by atoms with Gasteiger partial charge in [-0.25, -0.2) is 23.1 Å². The second-order valence-corrected chi connectivity index (χ2v) is 9.19. The summed E-state index contributed by atoms with van der Waals surface area (Å²) in [4.78, 5) is 22.2. The quantitative estimate of drug-likeness (QED) is 0.695. The van der Waals surface area contributed by atoms with E-state index in [0.29, 0.717) is 5.69 Å². The van der Waals surface area contributed by atoms with Crippen molar-refractivity contribution in [3.05, 3.63) is 41.0 Å². The van der Waals surface area contributed by atoms with Crippen LogP contribution in [0.4, 0.5) is 11.5 Å². The molecule has 3 aromatic rings. The summed E-state index contributed by atoms with van der Waals surface area (Å²) in [6.07, 6.45) is 6.04. The van der Waals surface area contributed by atoms with E-state index in [1.54, 1.807) is 29.8 Å². The topological polar surface area (TPSA) is 101 Å². The first-order chi connectivity index (χ1) is 12.9.